The Balaban J connectivity index is 0.745. The number of Topliss-reactive ketones (excluding diaryl/α,β-unsaturated/α-hetero) is 1. The lowest BCUT2D eigenvalue weighted by molar-refractivity contribution is -0.361. The number of ketones is 1. The average Bonchev–Trinajstić information content (AvgIpc) is 3.86. The molecule has 0 amide bonds. The van der Waals surface area contributed by atoms with Crippen LogP contribution in [0.5, 0.6) is 0 Å². The number of hydrogen-bond donors (Lipinski definition) is 6. The number of ether oxygens (including phenoxy) is 14. The largest absolute Gasteiger partial charge is 0.454 e. The highest BCUT2D eigenvalue weighted by Gasteiger charge is 2.66. The van der Waals surface area contributed by atoms with Crippen LogP contribution in [0.15, 0.2) is 11.6 Å². The summed E-state index contributed by atoms with van der Waals surface area (Å²) in [5.41, 5.74) is 1.20. The van der Waals surface area contributed by atoms with E-state index in [9.17, 15) is 40.2 Å². The van der Waals surface area contributed by atoms with E-state index in [0.717, 1.165) is 44.9 Å². The van der Waals surface area contributed by atoms with Gasteiger partial charge >= 0.3 is 5.97 Å². The number of aliphatic hydroxyl groups is 6. The van der Waals surface area contributed by atoms with Gasteiger partial charge in [-0.1, -0.05) is 32.4 Å². The molecule has 78 heavy (non-hydrogen) atoms. The van der Waals surface area contributed by atoms with Crippen molar-refractivity contribution in [2.45, 2.75) is 260 Å². The van der Waals surface area contributed by atoms with E-state index < -0.39 is 142 Å². The lowest BCUT2D eigenvalue weighted by Crippen LogP contribution is -2.62. The first-order chi connectivity index (χ1) is 37.2. The standard InChI is InChI=1S/C56H90O22/c1-11-32-52(71-28(5)59)46(62)44-31-13-12-29-18-30(14-16-55(29,6)33(31)15-17-56(32,44)7)72-41-20-35(65-8)51(26(3)69-41)77-42-21-36(66-9)50(27(4)70-42)76-40-19-34(60)49(25(2)68-40)75-43-22-37(67-10)53(39(24-58)73-43)78-54-48(64)47(63)45(61)38(23-57)74-54/h12,25-27,30-45,47-54,57-58,60-61,63-64H,11,13-24H2,1-10H3. The van der Waals surface area contributed by atoms with Crippen molar-refractivity contribution >= 4 is 11.8 Å². The number of aliphatic hydroxyl groups excluding tert-OH is 6. The third-order valence-corrected chi connectivity index (χ3v) is 19.7. The normalized spacial score (nSPS) is 50.7. The summed E-state index contributed by atoms with van der Waals surface area (Å²) in [4.78, 5) is 26.2. The first-order valence-corrected chi connectivity index (χ1v) is 28.7. The number of esters is 1. The van der Waals surface area contributed by atoms with Crippen molar-refractivity contribution in [3.63, 3.8) is 0 Å². The maximum atomic E-state index is 14.1. The number of allylic oxidation sites excluding steroid dienone is 1. The van der Waals surface area contributed by atoms with E-state index in [1.807, 2.05) is 13.8 Å². The molecule has 3 saturated carbocycles. The van der Waals surface area contributed by atoms with Crippen molar-refractivity contribution in [3.05, 3.63) is 11.6 Å². The third kappa shape index (κ3) is 11.8. The molecule has 0 bridgehead atoms. The zero-order chi connectivity index (χ0) is 56.1. The van der Waals surface area contributed by atoms with Crippen LogP contribution < -0.4 is 0 Å². The number of fused-ring (bicyclic) bond motifs is 5. The van der Waals surface area contributed by atoms with Gasteiger partial charge in [0.15, 0.2) is 43.3 Å². The first-order valence-electron chi connectivity index (χ1n) is 28.7. The second kappa shape index (κ2) is 25.1. The smallest absolute Gasteiger partial charge is 0.303 e. The number of carbonyl (C=O) groups excluding carboxylic acids is 2. The van der Waals surface area contributed by atoms with Crippen LogP contribution in [-0.4, -0.2) is 218 Å². The zero-order valence-electron chi connectivity index (χ0n) is 47.1. The van der Waals surface area contributed by atoms with Gasteiger partial charge in [-0.25, -0.2) is 0 Å². The monoisotopic (exact) mass is 1110 g/mol. The molecule has 9 rings (SSSR count). The van der Waals surface area contributed by atoms with Crippen LogP contribution in [0.25, 0.3) is 0 Å². The Hall–Kier alpha value is -1.88. The van der Waals surface area contributed by atoms with E-state index in [2.05, 4.69) is 26.8 Å². The number of rotatable bonds is 17. The fourth-order valence-electron chi connectivity index (χ4n) is 15.6. The van der Waals surface area contributed by atoms with E-state index in [4.69, 9.17) is 66.3 Å². The van der Waals surface area contributed by atoms with Gasteiger partial charge in [-0.3, -0.25) is 9.59 Å². The van der Waals surface area contributed by atoms with E-state index in [-0.39, 0.29) is 65.4 Å². The van der Waals surface area contributed by atoms with Crippen LogP contribution in [0.1, 0.15) is 119 Å². The quantitative estimate of drug-likeness (QED) is 0.0900. The molecule has 0 radical (unpaired) electrons. The van der Waals surface area contributed by atoms with E-state index in [1.165, 1.54) is 19.6 Å². The highest BCUT2D eigenvalue weighted by Crippen LogP contribution is 2.66. The van der Waals surface area contributed by atoms with Crippen molar-refractivity contribution in [2.75, 3.05) is 34.5 Å². The first kappa shape index (κ1) is 60.7. The molecule has 5 heterocycles. The predicted molar refractivity (Wildman–Crippen MR) is 271 cm³/mol. The molecule has 0 spiro atoms. The molecule has 22 heteroatoms. The van der Waals surface area contributed by atoms with Crippen molar-refractivity contribution < 1.29 is 107 Å². The van der Waals surface area contributed by atoms with Crippen LogP contribution in [0, 0.1) is 34.5 Å². The molecule has 0 aromatic carbocycles. The van der Waals surface area contributed by atoms with E-state index >= 15 is 0 Å². The molecule has 22 nitrogen and oxygen atoms in total. The third-order valence-electron chi connectivity index (χ3n) is 19.7. The van der Waals surface area contributed by atoms with E-state index in [0.29, 0.717) is 18.8 Å². The highest BCUT2D eigenvalue weighted by molar-refractivity contribution is 5.91. The summed E-state index contributed by atoms with van der Waals surface area (Å²) >= 11 is 0. The van der Waals surface area contributed by atoms with Gasteiger partial charge in [-0.15, -0.1) is 0 Å². The minimum Gasteiger partial charge on any atom is -0.454 e. The van der Waals surface area contributed by atoms with Crippen molar-refractivity contribution in [1.82, 2.24) is 0 Å². The Labute approximate surface area is 458 Å². The van der Waals surface area contributed by atoms with Crippen LogP contribution >= 0.6 is 0 Å². The lowest BCUT2D eigenvalue weighted by Gasteiger charge is -2.57. The number of hydrogen-bond acceptors (Lipinski definition) is 22. The minimum atomic E-state index is -1.67. The van der Waals surface area contributed by atoms with Gasteiger partial charge in [0, 0.05) is 65.8 Å². The Morgan fingerprint density at radius 3 is 1.78 bits per heavy atom. The molecule has 4 aliphatic carbocycles. The minimum absolute atomic E-state index is 0.0354. The van der Waals surface area contributed by atoms with E-state index in [1.54, 1.807) is 21.1 Å². The Bertz CT molecular complexity index is 2020. The summed E-state index contributed by atoms with van der Waals surface area (Å²) in [5.74, 6) is 0.262. The SMILES string of the molecule is CCC1C(OC(C)=O)C(=O)C2C3CC=C4CC(OC5CC(OC)C(OC6CC(OC)C(OC7CC(O)C(OC8CC(OC)C(OC9OC(CO)C(O)C(O)C9O)C(CO)O8)C(C)O7)C(C)O6)C(C)O5)CCC4(C)C3CCC12C. The van der Waals surface area contributed by atoms with Crippen molar-refractivity contribution in [1.29, 1.82) is 0 Å². The Morgan fingerprint density at radius 1 is 0.667 bits per heavy atom. The predicted octanol–water partition coefficient (Wildman–Crippen LogP) is 2.34. The second-order valence-electron chi connectivity index (χ2n) is 24.2. The van der Waals surface area contributed by atoms with Crippen LogP contribution in [0.2, 0.25) is 0 Å². The van der Waals surface area contributed by atoms with Crippen molar-refractivity contribution in [3.8, 4) is 0 Å². The summed E-state index contributed by atoms with van der Waals surface area (Å²) in [5, 5.41) is 62.6. The molecule has 6 N–H and O–H groups in total. The Kier molecular flexibility index (Phi) is 19.6. The average molecular weight is 1120 g/mol. The van der Waals surface area contributed by atoms with Gasteiger partial charge in [-0.2, -0.15) is 0 Å². The lowest BCUT2D eigenvalue weighted by atomic mass is 9.47. The topological polar surface area (TPSA) is 285 Å². The van der Waals surface area contributed by atoms with Gasteiger partial charge in [0.2, 0.25) is 0 Å². The summed E-state index contributed by atoms with van der Waals surface area (Å²) in [7, 11) is 4.69. The molecule has 446 valence electrons. The molecule has 0 aromatic heterocycles. The molecule has 29 atom stereocenters. The summed E-state index contributed by atoms with van der Waals surface area (Å²) in [6.07, 6.45) is -10.1. The van der Waals surface area contributed by atoms with Crippen LogP contribution in [0.4, 0.5) is 0 Å². The second-order valence-corrected chi connectivity index (χ2v) is 24.2. The molecule has 5 aliphatic heterocycles. The van der Waals surface area contributed by atoms with Gasteiger partial charge in [0.05, 0.1) is 62.0 Å². The summed E-state index contributed by atoms with van der Waals surface area (Å²) in [6.45, 7) is 12.6. The summed E-state index contributed by atoms with van der Waals surface area (Å²) < 4.78 is 86.5. The van der Waals surface area contributed by atoms with Crippen LogP contribution in [-0.2, 0) is 75.9 Å². The molecule has 9 aliphatic rings. The van der Waals surface area contributed by atoms with Gasteiger partial charge in [0.25, 0.3) is 0 Å². The maximum Gasteiger partial charge on any atom is 0.303 e. The summed E-state index contributed by atoms with van der Waals surface area (Å²) in [6, 6.07) is 0. The molecule has 8 fully saturated rings. The van der Waals surface area contributed by atoms with Gasteiger partial charge in [0.1, 0.15) is 54.9 Å². The molecular formula is C56H90O22. The maximum absolute atomic E-state index is 14.1. The molecular weight excluding hydrogens is 1020 g/mol. The molecule has 0 aromatic rings. The number of carbonyl (C=O) groups is 2. The highest BCUT2D eigenvalue weighted by atomic mass is 16.8. The van der Waals surface area contributed by atoms with Gasteiger partial charge in [-0.05, 0) is 88.4 Å². The van der Waals surface area contributed by atoms with Gasteiger partial charge < -0.3 is 97.0 Å². The zero-order valence-corrected chi connectivity index (χ0v) is 47.1. The Morgan fingerprint density at radius 2 is 1.22 bits per heavy atom. The molecule has 5 saturated heterocycles. The fourth-order valence-corrected chi connectivity index (χ4v) is 15.6. The van der Waals surface area contributed by atoms with Crippen molar-refractivity contribution in [2.24, 2.45) is 34.5 Å². The molecule has 29 unspecified atom stereocenters. The van der Waals surface area contributed by atoms with Crippen LogP contribution in [0.3, 0.4) is 0 Å². The number of methoxy groups -OCH3 is 3. The fraction of sp³-hybridized carbons (Fsp3) is 0.929.